The van der Waals surface area contributed by atoms with Crippen LogP contribution in [-0.2, 0) is 13.0 Å². The van der Waals surface area contributed by atoms with Gasteiger partial charge in [0, 0.05) is 35.6 Å². The summed E-state index contributed by atoms with van der Waals surface area (Å²) in [6.45, 7) is 3.35. The standard InChI is InChI=1S/C20H22N2O/c1-15-6-8-16(9-7-15)11-13-22-14-18(20(23)10-12-21)17-4-2-3-5-19(17)22/h2-9,14H,10-13,21H2,1H3. The summed E-state index contributed by atoms with van der Waals surface area (Å²) in [5.74, 6) is 0.123. The highest BCUT2D eigenvalue weighted by Gasteiger charge is 2.14. The fourth-order valence-corrected chi connectivity index (χ4v) is 2.92. The van der Waals surface area contributed by atoms with Crippen LogP contribution in [0.3, 0.4) is 0 Å². The van der Waals surface area contributed by atoms with E-state index >= 15 is 0 Å². The summed E-state index contributed by atoms with van der Waals surface area (Å²) in [6.07, 6.45) is 3.33. The molecule has 0 aliphatic rings. The number of hydrogen-bond acceptors (Lipinski definition) is 2. The minimum absolute atomic E-state index is 0.123. The van der Waals surface area contributed by atoms with Crippen LogP contribution in [0.5, 0.6) is 0 Å². The van der Waals surface area contributed by atoms with Crippen molar-refractivity contribution in [2.45, 2.75) is 26.3 Å². The van der Waals surface area contributed by atoms with Crippen molar-refractivity contribution in [2.75, 3.05) is 6.54 Å². The number of ketones is 1. The van der Waals surface area contributed by atoms with E-state index in [0.717, 1.165) is 29.4 Å². The van der Waals surface area contributed by atoms with Crippen molar-refractivity contribution >= 4 is 16.7 Å². The zero-order valence-electron chi connectivity index (χ0n) is 13.5. The first-order valence-corrected chi connectivity index (χ1v) is 8.05. The lowest BCUT2D eigenvalue weighted by molar-refractivity contribution is 0.0987. The van der Waals surface area contributed by atoms with E-state index in [2.05, 4.69) is 41.8 Å². The lowest BCUT2D eigenvalue weighted by atomic mass is 10.1. The number of nitrogens with zero attached hydrogens (tertiary/aromatic N) is 1. The number of fused-ring (bicyclic) bond motifs is 1. The summed E-state index contributed by atoms with van der Waals surface area (Å²) in [7, 11) is 0. The van der Waals surface area contributed by atoms with Crippen LogP contribution in [0.25, 0.3) is 10.9 Å². The van der Waals surface area contributed by atoms with Crippen molar-refractivity contribution in [3.63, 3.8) is 0 Å². The van der Waals surface area contributed by atoms with E-state index in [4.69, 9.17) is 5.73 Å². The Bertz CT molecular complexity index is 815. The second-order valence-electron chi connectivity index (χ2n) is 5.95. The number of rotatable bonds is 6. The van der Waals surface area contributed by atoms with Crippen molar-refractivity contribution in [3.8, 4) is 0 Å². The number of nitrogens with two attached hydrogens (primary N) is 1. The molecule has 0 amide bonds. The van der Waals surface area contributed by atoms with Gasteiger partial charge in [0.25, 0.3) is 0 Å². The van der Waals surface area contributed by atoms with Crippen LogP contribution in [0.1, 0.15) is 27.9 Å². The molecule has 0 saturated carbocycles. The number of carbonyl (C=O) groups excluding carboxylic acids is 1. The van der Waals surface area contributed by atoms with Gasteiger partial charge >= 0.3 is 0 Å². The molecular weight excluding hydrogens is 284 g/mol. The molecule has 3 heteroatoms. The molecule has 2 N–H and O–H groups in total. The Kier molecular flexibility index (Phi) is 4.58. The zero-order chi connectivity index (χ0) is 16.2. The quantitative estimate of drug-likeness (QED) is 0.706. The zero-order valence-corrected chi connectivity index (χ0v) is 13.5. The van der Waals surface area contributed by atoms with Crippen LogP contribution in [0.2, 0.25) is 0 Å². The van der Waals surface area contributed by atoms with Crippen LogP contribution in [-0.4, -0.2) is 16.9 Å². The fourth-order valence-electron chi connectivity index (χ4n) is 2.92. The predicted molar refractivity (Wildman–Crippen MR) is 94.8 cm³/mol. The third-order valence-corrected chi connectivity index (χ3v) is 4.22. The van der Waals surface area contributed by atoms with E-state index in [0.29, 0.717) is 13.0 Å². The average molecular weight is 306 g/mol. The first kappa shape index (κ1) is 15.5. The molecule has 0 radical (unpaired) electrons. The van der Waals surface area contributed by atoms with Gasteiger partial charge < -0.3 is 10.3 Å². The normalized spacial score (nSPS) is 11.0. The molecule has 1 aromatic heterocycles. The number of benzene rings is 2. The lowest BCUT2D eigenvalue weighted by Crippen LogP contribution is -2.07. The smallest absolute Gasteiger partial charge is 0.166 e. The third-order valence-electron chi connectivity index (χ3n) is 4.22. The van der Waals surface area contributed by atoms with Crippen molar-refractivity contribution in [3.05, 3.63) is 71.4 Å². The molecular formula is C20H22N2O. The topological polar surface area (TPSA) is 48.0 Å². The molecule has 3 aromatic rings. The molecule has 0 saturated heterocycles. The first-order chi connectivity index (χ1) is 11.2. The number of para-hydroxylation sites is 1. The molecule has 2 aromatic carbocycles. The van der Waals surface area contributed by atoms with Gasteiger partial charge in [-0.05, 0) is 31.5 Å². The molecule has 0 aliphatic heterocycles. The number of carbonyl (C=O) groups is 1. The molecule has 0 aliphatic carbocycles. The highest BCUT2D eigenvalue weighted by Crippen LogP contribution is 2.23. The summed E-state index contributed by atoms with van der Waals surface area (Å²) in [5.41, 5.74) is 10.0. The van der Waals surface area contributed by atoms with Crippen LogP contribution in [0.4, 0.5) is 0 Å². The minimum atomic E-state index is 0.123. The van der Waals surface area contributed by atoms with Gasteiger partial charge in [0.1, 0.15) is 0 Å². The second-order valence-corrected chi connectivity index (χ2v) is 5.95. The first-order valence-electron chi connectivity index (χ1n) is 8.05. The summed E-state index contributed by atoms with van der Waals surface area (Å²) in [4.78, 5) is 12.3. The Balaban J connectivity index is 1.88. The maximum atomic E-state index is 12.3. The molecule has 0 spiro atoms. The van der Waals surface area contributed by atoms with Crippen molar-refractivity contribution < 1.29 is 4.79 Å². The van der Waals surface area contributed by atoms with Gasteiger partial charge in [-0.3, -0.25) is 4.79 Å². The third kappa shape index (κ3) is 3.35. The Labute approximate surface area is 136 Å². The Morgan fingerprint density at radius 2 is 1.83 bits per heavy atom. The molecule has 3 nitrogen and oxygen atoms in total. The Morgan fingerprint density at radius 1 is 1.09 bits per heavy atom. The second kappa shape index (κ2) is 6.80. The van der Waals surface area contributed by atoms with E-state index in [1.807, 2.05) is 24.4 Å². The van der Waals surface area contributed by atoms with Crippen molar-refractivity contribution in [1.82, 2.24) is 4.57 Å². The number of hydrogen-bond donors (Lipinski definition) is 1. The van der Waals surface area contributed by atoms with Crippen molar-refractivity contribution in [2.24, 2.45) is 5.73 Å². The van der Waals surface area contributed by atoms with Gasteiger partial charge in [-0.25, -0.2) is 0 Å². The van der Waals surface area contributed by atoms with E-state index in [1.54, 1.807) is 0 Å². The molecule has 0 unspecified atom stereocenters. The summed E-state index contributed by atoms with van der Waals surface area (Å²) < 4.78 is 2.18. The highest BCUT2D eigenvalue weighted by atomic mass is 16.1. The summed E-state index contributed by atoms with van der Waals surface area (Å²) in [5, 5.41) is 1.02. The van der Waals surface area contributed by atoms with Gasteiger partial charge in [-0.1, -0.05) is 48.0 Å². The molecule has 0 fully saturated rings. The Hall–Kier alpha value is -2.39. The highest BCUT2D eigenvalue weighted by molar-refractivity contribution is 6.08. The van der Waals surface area contributed by atoms with E-state index in [9.17, 15) is 4.79 Å². The Morgan fingerprint density at radius 3 is 2.57 bits per heavy atom. The predicted octanol–water partition coefficient (Wildman–Crippen LogP) is 3.72. The molecule has 1 heterocycles. The average Bonchev–Trinajstić information content (AvgIpc) is 2.94. The van der Waals surface area contributed by atoms with Crippen LogP contribution in [0.15, 0.2) is 54.7 Å². The van der Waals surface area contributed by atoms with Gasteiger partial charge in [0.05, 0.1) is 0 Å². The van der Waals surface area contributed by atoms with Gasteiger partial charge in [-0.15, -0.1) is 0 Å². The molecule has 0 bridgehead atoms. The van der Waals surface area contributed by atoms with Crippen molar-refractivity contribution in [1.29, 1.82) is 0 Å². The number of aryl methyl sites for hydroxylation is 3. The largest absolute Gasteiger partial charge is 0.346 e. The van der Waals surface area contributed by atoms with Gasteiger partial charge in [0.2, 0.25) is 0 Å². The maximum absolute atomic E-state index is 12.3. The van der Waals surface area contributed by atoms with E-state index in [-0.39, 0.29) is 5.78 Å². The van der Waals surface area contributed by atoms with Crippen LogP contribution in [0, 0.1) is 6.92 Å². The maximum Gasteiger partial charge on any atom is 0.166 e. The van der Waals surface area contributed by atoms with E-state index < -0.39 is 0 Å². The SMILES string of the molecule is Cc1ccc(CCn2cc(C(=O)CCN)c3ccccc32)cc1. The molecule has 3 rings (SSSR count). The summed E-state index contributed by atoms with van der Waals surface area (Å²) >= 11 is 0. The van der Waals surface area contributed by atoms with Gasteiger partial charge in [-0.2, -0.15) is 0 Å². The monoisotopic (exact) mass is 306 g/mol. The van der Waals surface area contributed by atoms with Crippen LogP contribution < -0.4 is 5.73 Å². The van der Waals surface area contributed by atoms with Crippen LogP contribution >= 0.6 is 0 Å². The molecule has 118 valence electrons. The van der Waals surface area contributed by atoms with E-state index in [1.165, 1.54) is 11.1 Å². The molecule has 0 atom stereocenters. The number of aromatic nitrogens is 1. The molecule has 23 heavy (non-hydrogen) atoms. The minimum Gasteiger partial charge on any atom is -0.346 e. The van der Waals surface area contributed by atoms with Gasteiger partial charge in [0.15, 0.2) is 5.78 Å². The summed E-state index contributed by atoms with van der Waals surface area (Å²) in [6, 6.07) is 16.7. The fraction of sp³-hybridized carbons (Fsp3) is 0.250. The lowest BCUT2D eigenvalue weighted by Gasteiger charge is -2.06. The number of Topliss-reactive ketones (excluding diaryl/α,β-unsaturated/α-hetero) is 1.